The Labute approximate surface area is 126 Å². The molecule has 3 rings (SSSR count). The van der Waals surface area contributed by atoms with E-state index in [0.29, 0.717) is 0 Å². The fourth-order valence-electron chi connectivity index (χ4n) is 3.15. The first-order chi connectivity index (χ1) is 10.2. The van der Waals surface area contributed by atoms with Crippen LogP contribution in [0.1, 0.15) is 28.3 Å². The molecule has 21 heavy (non-hydrogen) atoms. The third kappa shape index (κ3) is 2.57. The van der Waals surface area contributed by atoms with Crippen molar-refractivity contribution in [2.24, 2.45) is 0 Å². The maximum atomic E-state index is 3.48. The standard InChI is InChI=1S/C20H21N/c1-14-7-6-8-15(2)19(14)20(21-3)18-12-11-16-9-4-5-10-17(16)13-18/h4-13,20-21H,1-3H3. The molecule has 0 saturated heterocycles. The first-order valence-corrected chi connectivity index (χ1v) is 7.43. The molecule has 0 fully saturated rings. The molecule has 1 nitrogen and oxygen atoms in total. The summed E-state index contributed by atoms with van der Waals surface area (Å²) in [6.45, 7) is 4.38. The third-order valence-electron chi connectivity index (χ3n) is 4.23. The van der Waals surface area contributed by atoms with Crippen LogP contribution in [0, 0.1) is 13.8 Å². The van der Waals surface area contributed by atoms with E-state index in [4.69, 9.17) is 0 Å². The Morgan fingerprint density at radius 1 is 0.762 bits per heavy atom. The van der Waals surface area contributed by atoms with Gasteiger partial charge in [0.1, 0.15) is 0 Å². The molecule has 0 heterocycles. The Bertz CT molecular complexity index is 753. The number of benzene rings is 3. The van der Waals surface area contributed by atoms with Crippen LogP contribution in [-0.2, 0) is 0 Å². The second-order valence-electron chi connectivity index (χ2n) is 5.63. The summed E-state index contributed by atoms with van der Waals surface area (Å²) in [5, 5.41) is 6.06. The van der Waals surface area contributed by atoms with Crippen molar-refractivity contribution in [1.29, 1.82) is 0 Å². The van der Waals surface area contributed by atoms with Gasteiger partial charge in [0.05, 0.1) is 6.04 Å². The highest BCUT2D eigenvalue weighted by Gasteiger charge is 2.16. The first-order valence-electron chi connectivity index (χ1n) is 7.43. The van der Waals surface area contributed by atoms with E-state index in [1.165, 1.54) is 33.0 Å². The van der Waals surface area contributed by atoms with Gasteiger partial charge in [0.2, 0.25) is 0 Å². The zero-order chi connectivity index (χ0) is 14.8. The predicted molar refractivity (Wildman–Crippen MR) is 90.8 cm³/mol. The quantitative estimate of drug-likeness (QED) is 0.726. The number of aryl methyl sites for hydroxylation is 2. The van der Waals surface area contributed by atoms with Gasteiger partial charge in [0.15, 0.2) is 0 Å². The molecular weight excluding hydrogens is 254 g/mol. The maximum Gasteiger partial charge on any atom is 0.0579 e. The summed E-state index contributed by atoms with van der Waals surface area (Å²) >= 11 is 0. The van der Waals surface area contributed by atoms with Crippen molar-refractivity contribution in [3.05, 3.63) is 82.9 Å². The lowest BCUT2D eigenvalue weighted by Gasteiger charge is -2.22. The summed E-state index contributed by atoms with van der Waals surface area (Å²) in [5.41, 5.74) is 5.37. The van der Waals surface area contributed by atoms with E-state index >= 15 is 0 Å². The lowest BCUT2D eigenvalue weighted by atomic mass is 9.90. The van der Waals surface area contributed by atoms with Gasteiger partial charge in [-0.05, 0) is 60.0 Å². The molecule has 0 aliphatic carbocycles. The van der Waals surface area contributed by atoms with Crippen LogP contribution in [-0.4, -0.2) is 7.05 Å². The summed E-state index contributed by atoms with van der Waals surface area (Å²) in [4.78, 5) is 0. The van der Waals surface area contributed by atoms with Crippen molar-refractivity contribution in [2.75, 3.05) is 7.05 Å². The second-order valence-corrected chi connectivity index (χ2v) is 5.63. The Morgan fingerprint density at radius 3 is 2.10 bits per heavy atom. The number of hydrogen-bond donors (Lipinski definition) is 1. The smallest absolute Gasteiger partial charge is 0.0579 e. The molecular formula is C20H21N. The van der Waals surface area contributed by atoms with Crippen molar-refractivity contribution in [2.45, 2.75) is 19.9 Å². The number of fused-ring (bicyclic) bond motifs is 1. The molecule has 0 amide bonds. The summed E-state index contributed by atoms with van der Waals surface area (Å²) < 4.78 is 0. The molecule has 3 aromatic carbocycles. The largest absolute Gasteiger partial charge is 0.309 e. The minimum absolute atomic E-state index is 0.232. The van der Waals surface area contributed by atoms with Crippen LogP contribution in [0.2, 0.25) is 0 Å². The molecule has 0 spiro atoms. The normalized spacial score (nSPS) is 12.5. The fourth-order valence-corrected chi connectivity index (χ4v) is 3.15. The van der Waals surface area contributed by atoms with Gasteiger partial charge in [-0.3, -0.25) is 0 Å². The van der Waals surface area contributed by atoms with E-state index in [-0.39, 0.29) is 6.04 Å². The van der Waals surface area contributed by atoms with Gasteiger partial charge < -0.3 is 5.32 Å². The molecule has 0 aromatic heterocycles. The van der Waals surface area contributed by atoms with Crippen LogP contribution in [0.3, 0.4) is 0 Å². The van der Waals surface area contributed by atoms with Gasteiger partial charge in [-0.1, -0.05) is 54.6 Å². The average Bonchev–Trinajstić information content (AvgIpc) is 2.50. The molecule has 1 unspecified atom stereocenters. The minimum atomic E-state index is 0.232. The van der Waals surface area contributed by atoms with Crippen LogP contribution in [0.25, 0.3) is 10.8 Å². The van der Waals surface area contributed by atoms with Crippen molar-refractivity contribution >= 4 is 10.8 Å². The van der Waals surface area contributed by atoms with Crippen LogP contribution >= 0.6 is 0 Å². The summed E-state index contributed by atoms with van der Waals surface area (Å²) in [6.07, 6.45) is 0. The molecule has 0 bridgehead atoms. The van der Waals surface area contributed by atoms with Crippen molar-refractivity contribution < 1.29 is 0 Å². The molecule has 0 aliphatic rings. The Balaban J connectivity index is 2.14. The van der Waals surface area contributed by atoms with Gasteiger partial charge in [-0.2, -0.15) is 0 Å². The summed E-state index contributed by atoms with van der Waals surface area (Å²) in [5.74, 6) is 0. The van der Waals surface area contributed by atoms with Crippen molar-refractivity contribution in [3.63, 3.8) is 0 Å². The molecule has 0 radical (unpaired) electrons. The van der Waals surface area contributed by atoms with E-state index in [1.807, 2.05) is 7.05 Å². The predicted octanol–water partition coefficient (Wildman–Crippen LogP) is 4.77. The van der Waals surface area contributed by atoms with Gasteiger partial charge >= 0.3 is 0 Å². The van der Waals surface area contributed by atoms with Crippen molar-refractivity contribution in [1.82, 2.24) is 5.32 Å². The van der Waals surface area contributed by atoms with Gasteiger partial charge in [0, 0.05) is 0 Å². The van der Waals surface area contributed by atoms with Crippen LogP contribution in [0.4, 0.5) is 0 Å². The minimum Gasteiger partial charge on any atom is -0.309 e. The summed E-state index contributed by atoms with van der Waals surface area (Å²) in [7, 11) is 2.03. The summed E-state index contributed by atoms with van der Waals surface area (Å²) in [6, 6.07) is 22.0. The lowest BCUT2D eigenvalue weighted by molar-refractivity contribution is 0.684. The Kier molecular flexibility index (Phi) is 3.76. The monoisotopic (exact) mass is 275 g/mol. The van der Waals surface area contributed by atoms with E-state index in [0.717, 1.165) is 0 Å². The van der Waals surface area contributed by atoms with E-state index in [2.05, 4.69) is 79.8 Å². The molecule has 1 N–H and O–H groups in total. The SMILES string of the molecule is CNC(c1ccc2ccccc2c1)c1c(C)cccc1C. The Hall–Kier alpha value is -2.12. The van der Waals surface area contributed by atoms with Crippen LogP contribution in [0.15, 0.2) is 60.7 Å². The number of rotatable bonds is 3. The highest BCUT2D eigenvalue weighted by atomic mass is 14.9. The highest BCUT2D eigenvalue weighted by Crippen LogP contribution is 2.29. The zero-order valence-corrected chi connectivity index (χ0v) is 12.9. The first kappa shape index (κ1) is 13.8. The number of hydrogen-bond acceptors (Lipinski definition) is 1. The van der Waals surface area contributed by atoms with E-state index in [1.54, 1.807) is 0 Å². The highest BCUT2D eigenvalue weighted by molar-refractivity contribution is 5.83. The van der Waals surface area contributed by atoms with E-state index in [9.17, 15) is 0 Å². The topological polar surface area (TPSA) is 12.0 Å². The second kappa shape index (κ2) is 5.71. The molecule has 1 heteroatoms. The maximum absolute atomic E-state index is 3.48. The molecule has 0 saturated carbocycles. The molecule has 3 aromatic rings. The molecule has 0 aliphatic heterocycles. The van der Waals surface area contributed by atoms with Gasteiger partial charge in [-0.25, -0.2) is 0 Å². The number of nitrogens with one attached hydrogen (secondary N) is 1. The van der Waals surface area contributed by atoms with Crippen LogP contribution < -0.4 is 5.32 Å². The third-order valence-corrected chi connectivity index (χ3v) is 4.23. The lowest BCUT2D eigenvalue weighted by Crippen LogP contribution is -2.19. The fraction of sp³-hybridized carbons (Fsp3) is 0.200. The average molecular weight is 275 g/mol. The van der Waals surface area contributed by atoms with Gasteiger partial charge in [-0.15, -0.1) is 0 Å². The molecule has 1 atom stereocenters. The van der Waals surface area contributed by atoms with Crippen LogP contribution in [0.5, 0.6) is 0 Å². The molecule has 106 valence electrons. The van der Waals surface area contributed by atoms with Gasteiger partial charge in [0.25, 0.3) is 0 Å². The van der Waals surface area contributed by atoms with Crippen molar-refractivity contribution in [3.8, 4) is 0 Å². The zero-order valence-electron chi connectivity index (χ0n) is 12.9. The van der Waals surface area contributed by atoms with E-state index < -0.39 is 0 Å². The Morgan fingerprint density at radius 2 is 1.43 bits per heavy atom.